The van der Waals surface area contributed by atoms with E-state index in [1.165, 1.54) is 12.1 Å². The van der Waals surface area contributed by atoms with Crippen molar-refractivity contribution in [2.24, 2.45) is 10.9 Å². The van der Waals surface area contributed by atoms with Crippen LogP contribution >= 0.6 is 24.0 Å². The maximum Gasteiger partial charge on any atom is 0.416 e. The third kappa shape index (κ3) is 6.59. The molecule has 1 aliphatic heterocycles. The molecule has 0 spiro atoms. The van der Waals surface area contributed by atoms with Gasteiger partial charge in [-0.3, -0.25) is 9.79 Å². The second-order valence-corrected chi connectivity index (χ2v) is 7.59. The van der Waals surface area contributed by atoms with Crippen molar-refractivity contribution in [1.82, 2.24) is 25.1 Å². The van der Waals surface area contributed by atoms with Crippen LogP contribution in [0, 0.1) is 5.92 Å². The van der Waals surface area contributed by atoms with E-state index in [4.69, 9.17) is 0 Å². The largest absolute Gasteiger partial charge is 0.416 e. The van der Waals surface area contributed by atoms with Gasteiger partial charge >= 0.3 is 6.18 Å². The lowest BCUT2D eigenvalue weighted by Gasteiger charge is -2.39. The van der Waals surface area contributed by atoms with E-state index >= 15 is 0 Å². The third-order valence-corrected chi connectivity index (χ3v) is 5.51. The second-order valence-electron chi connectivity index (χ2n) is 7.59. The highest BCUT2D eigenvalue weighted by Gasteiger charge is 2.30. The number of hydrogen-bond acceptors (Lipinski definition) is 3. The summed E-state index contributed by atoms with van der Waals surface area (Å²) < 4.78 is 40.0. The summed E-state index contributed by atoms with van der Waals surface area (Å²) in [4.78, 5) is 22.8. The van der Waals surface area contributed by atoms with Crippen LogP contribution in [0.4, 0.5) is 13.2 Å². The fourth-order valence-electron chi connectivity index (χ4n) is 3.69. The molecule has 1 aliphatic rings. The Balaban J connectivity index is 0.00000363. The monoisotopic (exact) mass is 564 g/mol. The average Bonchev–Trinajstić information content (AvgIpc) is 3.28. The zero-order valence-electron chi connectivity index (χ0n) is 18.0. The molecule has 2 N–H and O–H groups in total. The molecule has 1 fully saturated rings. The summed E-state index contributed by atoms with van der Waals surface area (Å²) in [5.41, 5.74) is -0.593. The maximum absolute atomic E-state index is 12.6. The Kier molecular flexibility index (Phi) is 9.34. The minimum Gasteiger partial charge on any atom is -0.354 e. The van der Waals surface area contributed by atoms with E-state index in [2.05, 4.69) is 37.0 Å². The molecule has 1 amide bonds. The van der Waals surface area contributed by atoms with E-state index in [1.807, 2.05) is 12.5 Å². The Morgan fingerprint density at radius 2 is 1.91 bits per heavy atom. The van der Waals surface area contributed by atoms with Gasteiger partial charge in [0.15, 0.2) is 5.96 Å². The molecule has 1 aromatic carbocycles. The number of carbonyl (C=O) groups is 1. The molecule has 0 radical (unpaired) electrons. The van der Waals surface area contributed by atoms with Crippen molar-refractivity contribution >= 4 is 35.8 Å². The van der Waals surface area contributed by atoms with Crippen LogP contribution in [0.15, 0.2) is 48.0 Å². The van der Waals surface area contributed by atoms with Gasteiger partial charge in [-0.1, -0.05) is 6.92 Å². The van der Waals surface area contributed by atoms with Gasteiger partial charge in [0, 0.05) is 51.2 Å². The van der Waals surface area contributed by atoms with Crippen LogP contribution in [0.3, 0.4) is 0 Å². The fraction of sp³-hybridized carbons (Fsp3) is 0.476. The normalized spacial score (nSPS) is 19.3. The molecule has 2 unspecified atom stereocenters. The molecule has 176 valence electrons. The van der Waals surface area contributed by atoms with Crippen LogP contribution in [0.2, 0.25) is 0 Å². The van der Waals surface area contributed by atoms with Crippen molar-refractivity contribution in [3.05, 3.63) is 54.1 Å². The number of likely N-dealkylation sites (tertiary alicyclic amines) is 1. The second kappa shape index (κ2) is 11.5. The Hall–Kier alpha value is -2.31. The van der Waals surface area contributed by atoms with Crippen LogP contribution in [0.25, 0.3) is 0 Å². The van der Waals surface area contributed by atoms with Crippen LogP contribution in [-0.4, -0.2) is 59.5 Å². The Morgan fingerprint density at radius 1 is 1.22 bits per heavy atom. The molecule has 11 heteroatoms. The summed E-state index contributed by atoms with van der Waals surface area (Å²) >= 11 is 0. The number of aliphatic imine (C=N–C) groups is 1. The van der Waals surface area contributed by atoms with Crippen LogP contribution < -0.4 is 10.6 Å². The van der Waals surface area contributed by atoms with E-state index in [-0.39, 0.29) is 29.5 Å². The first-order chi connectivity index (χ1) is 14.8. The van der Waals surface area contributed by atoms with Gasteiger partial charge in [0.1, 0.15) is 0 Å². The highest BCUT2D eigenvalue weighted by atomic mass is 127. The lowest BCUT2D eigenvalue weighted by atomic mass is 9.93. The molecule has 32 heavy (non-hydrogen) atoms. The molecule has 2 heterocycles. The molecular formula is C21H28F3IN6O. The summed E-state index contributed by atoms with van der Waals surface area (Å²) in [6, 6.07) is 4.46. The van der Waals surface area contributed by atoms with Gasteiger partial charge in [0.05, 0.1) is 17.9 Å². The zero-order chi connectivity index (χ0) is 22.4. The summed E-state index contributed by atoms with van der Waals surface area (Å²) in [6.07, 6.45) is 2.18. The van der Waals surface area contributed by atoms with Crippen LogP contribution in [0.1, 0.15) is 35.3 Å². The summed E-state index contributed by atoms with van der Waals surface area (Å²) in [6.45, 7) is 4.67. The van der Waals surface area contributed by atoms with Gasteiger partial charge in [0.25, 0.3) is 5.91 Å². The van der Waals surface area contributed by atoms with E-state index in [9.17, 15) is 18.0 Å². The van der Waals surface area contributed by atoms with Gasteiger partial charge in [0.2, 0.25) is 0 Å². The highest BCUT2D eigenvalue weighted by molar-refractivity contribution is 14.0. The predicted octanol–water partition coefficient (Wildman–Crippen LogP) is 3.41. The topological polar surface area (TPSA) is 74.6 Å². The minimum absolute atomic E-state index is 0. The van der Waals surface area contributed by atoms with Gasteiger partial charge < -0.3 is 20.1 Å². The Bertz CT molecular complexity index is 886. The Morgan fingerprint density at radius 3 is 2.50 bits per heavy atom. The number of halogens is 4. The molecule has 3 rings (SSSR count). The van der Waals surface area contributed by atoms with Crippen molar-refractivity contribution < 1.29 is 18.0 Å². The quantitative estimate of drug-likeness (QED) is 0.253. The van der Waals surface area contributed by atoms with E-state index in [0.29, 0.717) is 25.0 Å². The van der Waals surface area contributed by atoms with Crippen molar-refractivity contribution in [2.45, 2.75) is 25.6 Å². The first-order valence-electron chi connectivity index (χ1n) is 10.2. The number of imidazole rings is 1. The fourth-order valence-corrected chi connectivity index (χ4v) is 3.69. The van der Waals surface area contributed by atoms with Crippen molar-refractivity contribution in [3.8, 4) is 0 Å². The van der Waals surface area contributed by atoms with Crippen molar-refractivity contribution in [2.75, 3.05) is 33.2 Å². The summed E-state index contributed by atoms with van der Waals surface area (Å²) in [7, 11) is 1.72. The average molecular weight is 564 g/mol. The SMILES string of the molecule is CN=C(NCCNC(=O)c1ccc(C(F)(F)F)cc1)N1CCC(C)C(n2ccnc2)C1.I. The van der Waals surface area contributed by atoms with Gasteiger partial charge in [-0.05, 0) is 36.6 Å². The van der Waals surface area contributed by atoms with Crippen molar-refractivity contribution in [3.63, 3.8) is 0 Å². The number of aromatic nitrogens is 2. The number of carbonyl (C=O) groups excluding carboxylic acids is 1. The third-order valence-electron chi connectivity index (χ3n) is 5.51. The number of alkyl halides is 3. The molecule has 1 saturated heterocycles. The number of hydrogen-bond donors (Lipinski definition) is 2. The number of nitrogens with one attached hydrogen (secondary N) is 2. The minimum atomic E-state index is -4.42. The maximum atomic E-state index is 12.6. The molecule has 0 aliphatic carbocycles. The molecule has 2 aromatic rings. The Labute approximate surface area is 202 Å². The smallest absolute Gasteiger partial charge is 0.354 e. The van der Waals surface area contributed by atoms with Crippen LogP contribution in [-0.2, 0) is 6.18 Å². The number of amides is 1. The van der Waals surface area contributed by atoms with Crippen LogP contribution in [0.5, 0.6) is 0 Å². The first-order valence-corrected chi connectivity index (χ1v) is 10.2. The van der Waals surface area contributed by atoms with Gasteiger partial charge in [-0.2, -0.15) is 13.2 Å². The molecular weight excluding hydrogens is 536 g/mol. The van der Waals surface area contributed by atoms with E-state index < -0.39 is 17.6 Å². The predicted molar refractivity (Wildman–Crippen MR) is 127 cm³/mol. The summed E-state index contributed by atoms with van der Waals surface area (Å²) in [5.74, 6) is 0.852. The molecule has 1 aromatic heterocycles. The number of nitrogens with zero attached hydrogens (tertiary/aromatic N) is 4. The molecule has 0 saturated carbocycles. The van der Waals surface area contributed by atoms with Crippen molar-refractivity contribution in [1.29, 1.82) is 0 Å². The number of rotatable bonds is 5. The highest BCUT2D eigenvalue weighted by Crippen LogP contribution is 2.29. The lowest BCUT2D eigenvalue weighted by Crippen LogP contribution is -2.50. The van der Waals surface area contributed by atoms with E-state index in [1.54, 1.807) is 13.2 Å². The number of guanidine groups is 1. The zero-order valence-corrected chi connectivity index (χ0v) is 20.3. The molecule has 0 bridgehead atoms. The van der Waals surface area contributed by atoms with E-state index in [0.717, 1.165) is 37.6 Å². The first kappa shape index (κ1) is 25.9. The van der Waals surface area contributed by atoms with Gasteiger partial charge in [-0.25, -0.2) is 4.98 Å². The standard InChI is InChI=1S/C21H27F3N6O.HI/c1-15-7-11-29(13-18(15)30-12-10-26-14-30)20(25-2)28-9-8-27-19(31)16-3-5-17(6-4-16)21(22,23)24;/h3-6,10,12,14-15,18H,7-9,11,13H2,1-2H3,(H,25,28)(H,27,31);1H. The number of benzene rings is 1. The molecule has 7 nitrogen and oxygen atoms in total. The summed E-state index contributed by atoms with van der Waals surface area (Å²) in [5, 5.41) is 5.95. The van der Waals surface area contributed by atoms with Gasteiger partial charge in [-0.15, -0.1) is 24.0 Å². The number of piperidine rings is 1. The lowest BCUT2D eigenvalue weighted by molar-refractivity contribution is -0.137. The molecule has 2 atom stereocenters.